The summed E-state index contributed by atoms with van der Waals surface area (Å²) in [6.45, 7) is 4.10. The van der Waals surface area contributed by atoms with E-state index in [0.29, 0.717) is 28.6 Å². The summed E-state index contributed by atoms with van der Waals surface area (Å²) in [5.74, 6) is 0.807. The third-order valence-corrected chi connectivity index (χ3v) is 6.68. The lowest BCUT2D eigenvalue weighted by Crippen LogP contribution is -2.22. The molecule has 3 aromatic heterocycles. The van der Waals surface area contributed by atoms with E-state index in [2.05, 4.69) is 21.8 Å². The molecule has 5 rings (SSSR count). The highest BCUT2D eigenvalue weighted by Gasteiger charge is 2.16. The van der Waals surface area contributed by atoms with Crippen LogP contribution in [-0.2, 0) is 12.3 Å². The van der Waals surface area contributed by atoms with Gasteiger partial charge in [-0.3, -0.25) is 13.8 Å². The number of hydrogen-bond donors (Lipinski definition) is 0. The van der Waals surface area contributed by atoms with E-state index >= 15 is 0 Å². The van der Waals surface area contributed by atoms with Crippen molar-refractivity contribution in [3.8, 4) is 10.6 Å². The molecule has 6 nitrogen and oxygen atoms in total. The van der Waals surface area contributed by atoms with E-state index < -0.39 is 0 Å². The molecule has 0 saturated heterocycles. The molecule has 3 heterocycles. The second kappa shape index (κ2) is 8.09. The zero-order valence-corrected chi connectivity index (χ0v) is 17.9. The maximum absolute atomic E-state index is 13.2. The molecule has 0 fully saturated rings. The molecular weight excluding hydrogens is 433 g/mol. The first-order chi connectivity index (χ1) is 15.2. The summed E-state index contributed by atoms with van der Waals surface area (Å²) in [4.78, 5) is 17.5. The molecule has 154 valence electrons. The number of halogens is 1. The van der Waals surface area contributed by atoms with E-state index in [9.17, 15) is 9.18 Å². The van der Waals surface area contributed by atoms with Gasteiger partial charge in [0.15, 0.2) is 5.16 Å². The van der Waals surface area contributed by atoms with Crippen molar-refractivity contribution < 1.29 is 4.39 Å². The predicted octanol–water partition coefficient (Wildman–Crippen LogP) is 4.79. The van der Waals surface area contributed by atoms with Crippen molar-refractivity contribution in [2.45, 2.75) is 17.5 Å². The van der Waals surface area contributed by atoms with Gasteiger partial charge in [-0.1, -0.05) is 30.0 Å². The molecule has 0 aliphatic carbocycles. The number of thiazole rings is 1. The van der Waals surface area contributed by atoms with Crippen LogP contribution in [0, 0.1) is 5.82 Å². The Morgan fingerprint density at radius 1 is 1.13 bits per heavy atom. The van der Waals surface area contributed by atoms with Crippen LogP contribution in [0.3, 0.4) is 0 Å². The number of para-hydroxylation sites is 1. The molecule has 0 aliphatic heterocycles. The highest BCUT2D eigenvalue weighted by atomic mass is 32.2. The SMILES string of the molecule is C=CCn1c(=O)c2ccccc2n2c(SCc3csc(-c4ccc(F)cc4)n3)nnc12. The van der Waals surface area contributed by atoms with Crippen molar-refractivity contribution in [3.63, 3.8) is 0 Å². The second-order valence-electron chi connectivity index (χ2n) is 6.78. The van der Waals surface area contributed by atoms with Gasteiger partial charge < -0.3 is 0 Å². The molecule has 31 heavy (non-hydrogen) atoms. The first kappa shape index (κ1) is 19.7. The minimum absolute atomic E-state index is 0.115. The fourth-order valence-electron chi connectivity index (χ4n) is 3.36. The van der Waals surface area contributed by atoms with E-state index in [-0.39, 0.29) is 11.4 Å². The van der Waals surface area contributed by atoms with Crippen molar-refractivity contribution in [2.75, 3.05) is 0 Å². The van der Waals surface area contributed by atoms with Gasteiger partial charge in [0.25, 0.3) is 5.56 Å². The average Bonchev–Trinajstić information content (AvgIpc) is 3.43. The molecule has 0 saturated carbocycles. The molecular formula is C22H16FN5OS2. The third-order valence-electron chi connectivity index (χ3n) is 4.78. The number of aromatic nitrogens is 5. The van der Waals surface area contributed by atoms with E-state index in [0.717, 1.165) is 21.8 Å². The molecule has 0 atom stereocenters. The Kier molecular flexibility index (Phi) is 5.13. The minimum Gasteiger partial charge on any atom is -0.272 e. The summed E-state index contributed by atoms with van der Waals surface area (Å²) in [5, 5.41) is 12.7. The number of fused-ring (bicyclic) bond motifs is 3. The van der Waals surface area contributed by atoms with Crippen molar-refractivity contribution in [3.05, 3.63) is 88.4 Å². The Balaban J connectivity index is 1.50. The Bertz CT molecular complexity index is 1470. The molecule has 0 bridgehead atoms. The van der Waals surface area contributed by atoms with Gasteiger partial charge in [0.2, 0.25) is 5.78 Å². The largest absolute Gasteiger partial charge is 0.272 e. The molecule has 2 aromatic carbocycles. The molecule has 0 radical (unpaired) electrons. The summed E-state index contributed by atoms with van der Waals surface area (Å²) >= 11 is 3.02. The predicted molar refractivity (Wildman–Crippen MR) is 122 cm³/mol. The number of allylic oxidation sites excluding steroid dienone is 1. The van der Waals surface area contributed by atoms with Crippen LogP contribution < -0.4 is 5.56 Å². The van der Waals surface area contributed by atoms with Crippen LogP contribution in [0.5, 0.6) is 0 Å². The average molecular weight is 450 g/mol. The van der Waals surface area contributed by atoms with Crippen LogP contribution in [0.15, 0.2) is 76.5 Å². The number of benzene rings is 2. The Morgan fingerprint density at radius 2 is 1.94 bits per heavy atom. The van der Waals surface area contributed by atoms with E-state index in [4.69, 9.17) is 0 Å². The highest BCUT2D eigenvalue weighted by molar-refractivity contribution is 7.98. The number of nitrogens with zero attached hydrogens (tertiary/aromatic N) is 5. The fraction of sp³-hybridized carbons (Fsp3) is 0.0909. The smallest absolute Gasteiger partial charge is 0.263 e. The van der Waals surface area contributed by atoms with Crippen LogP contribution in [0.4, 0.5) is 4.39 Å². The van der Waals surface area contributed by atoms with Crippen LogP contribution in [0.25, 0.3) is 27.3 Å². The first-order valence-electron chi connectivity index (χ1n) is 9.46. The summed E-state index contributed by atoms with van der Waals surface area (Å²) < 4.78 is 16.6. The summed E-state index contributed by atoms with van der Waals surface area (Å²) in [5.41, 5.74) is 2.43. The molecule has 0 N–H and O–H groups in total. The zero-order chi connectivity index (χ0) is 21.4. The topological polar surface area (TPSA) is 65.1 Å². The quantitative estimate of drug-likeness (QED) is 0.276. The summed E-state index contributed by atoms with van der Waals surface area (Å²) in [7, 11) is 0. The van der Waals surface area contributed by atoms with Crippen molar-refractivity contribution in [2.24, 2.45) is 0 Å². The van der Waals surface area contributed by atoms with Crippen molar-refractivity contribution in [1.82, 2.24) is 24.1 Å². The zero-order valence-electron chi connectivity index (χ0n) is 16.2. The van der Waals surface area contributed by atoms with Crippen molar-refractivity contribution in [1.29, 1.82) is 0 Å². The standard InChI is InChI=1S/C22H16FN5OS2/c1-2-11-27-20(29)17-5-3-4-6-18(17)28-21(27)25-26-22(28)31-13-16-12-30-19(24-16)14-7-9-15(23)10-8-14/h2-10,12H,1,11,13H2. The summed E-state index contributed by atoms with van der Waals surface area (Å²) in [6.07, 6.45) is 1.67. The van der Waals surface area contributed by atoms with Crippen LogP contribution in [0.1, 0.15) is 5.69 Å². The lowest BCUT2D eigenvalue weighted by molar-refractivity contribution is 0.628. The fourth-order valence-corrected chi connectivity index (χ4v) is 5.12. The molecule has 0 amide bonds. The first-order valence-corrected chi connectivity index (χ1v) is 11.3. The van der Waals surface area contributed by atoms with Gasteiger partial charge in [-0.15, -0.1) is 28.1 Å². The molecule has 9 heteroatoms. The third kappa shape index (κ3) is 3.55. The highest BCUT2D eigenvalue weighted by Crippen LogP contribution is 2.28. The maximum Gasteiger partial charge on any atom is 0.263 e. The minimum atomic E-state index is -0.267. The van der Waals surface area contributed by atoms with Crippen LogP contribution in [0.2, 0.25) is 0 Å². The second-order valence-corrected chi connectivity index (χ2v) is 8.58. The normalized spacial score (nSPS) is 11.4. The lowest BCUT2D eigenvalue weighted by Gasteiger charge is -2.09. The lowest BCUT2D eigenvalue weighted by atomic mass is 10.2. The van der Waals surface area contributed by atoms with E-state index in [1.807, 2.05) is 28.0 Å². The molecule has 0 aliphatic rings. The molecule has 0 spiro atoms. The maximum atomic E-state index is 13.2. The monoisotopic (exact) mass is 449 g/mol. The molecule has 0 unspecified atom stereocenters. The summed E-state index contributed by atoms with van der Waals surface area (Å²) in [6, 6.07) is 13.7. The van der Waals surface area contributed by atoms with Gasteiger partial charge in [0.05, 0.1) is 16.6 Å². The van der Waals surface area contributed by atoms with Gasteiger partial charge in [-0.2, -0.15) is 0 Å². The Hall–Kier alpha value is -3.30. The van der Waals surface area contributed by atoms with Gasteiger partial charge in [0, 0.05) is 23.2 Å². The van der Waals surface area contributed by atoms with Gasteiger partial charge in [0.1, 0.15) is 10.8 Å². The number of rotatable bonds is 6. The van der Waals surface area contributed by atoms with Crippen LogP contribution >= 0.6 is 23.1 Å². The van der Waals surface area contributed by atoms with Crippen molar-refractivity contribution >= 4 is 39.8 Å². The molecule has 5 aromatic rings. The Labute approximate surface area is 184 Å². The van der Waals surface area contributed by atoms with Gasteiger partial charge in [-0.25, -0.2) is 9.37 Å². The number of hydrogen-bond acceptors (Lipinski definition) is 6. The van der Waals surface area contributed by atoms with E-state index in [1.54, 1.807) is 28.8 Å². The Morgan fingerprint density at radius 3 is 2.74 bits per heavy atom. The van der Waals surface area contributed by atoms with Gasteiger partial charge in [-0.05, 0) is 36.4 Å². The van der Waals surface area contributed by atoms with Gasteiger partial charge >= 0.3 is 0 Å². The van der Waals surface area contributed by atoms with E-state index in [1.165, 1.54) is 35.2 Å². The number of thioether (sulfide) groups is 1. The van der Waals surface area contributed by atoms with Crippen LogP contribution in [-0.4, -0.2) is 24.1 Å².